The number of rotatable bonds is 5. The van der Waals surface area contributed by atoms with E-state index < -0.39 is 0 Å². The lowest BCUT2D eigenvalue weighted by atomic mass is 10.5. The van der Waals surface area contributed by atoms with Crippen molar-refractivity contribution >= 4 is 11.8 Å². The van der Waals surface area contributed by atoms with Crippen molar-refractivity contribution in [2.45, 2.75) is 17.4 Å². The molecule has 0 unspecified atom stereocenters. The Kier molecular flexibility index (Phi) is 6.11. The molecule has 3 nitrogen and oxygen atoms in total. The van der Waals surface area contributed by atoms with Crippen molar-refractivity contribution in [1.29, 1.82) is 0 Å². The van der Waals surface area contributed by atoms with Gasteiger partial charge in [-0.1, -0.05) is 6.92 Å². The molecule has 3 N–H and O–H groups in total. The van der Waals surface area contributed by atoms with Crippen LogP contribution in [0.25, 0.3) is 0 Å². The molecular weight excluding hydrogens is 152 g/mol. The highest BCUT2D eigenvalue weighted by atomic mass is 32.2. The Bertz CT molecular complexity index is 75.4. The maximum absolute atomic E-state index is 8.61. The summed E-state index contributed by atoms with van der Waals surface area (Å²) in [6, 6.07) is 0. The van der Waals surface area contributed by atoms with Crippen molar-refractivity contribution in [1.82, 2.24) is 0 Å². The highest BCUT2D eigenvalue weighted by molar-refractivity contribution is 8.00. The van der Waals surface area contributed by atoms with Crippen molar-refractivity contribution in [3.8, 4) is 0 Å². The number of thioether (sulfide) groups is 1. The predicted octanol–water partition coefficient (Wildman–Crippen LogP) is -0.546. The third-order valence-electron chi connectivity index (χ3n) is 1.09. The number of aliphatic hydroxyl groups is 3. The SMILES string of the molecule is C[C@@H](CO)SC(CO)CO. The van der Waals surface area contributed by atoms with E-state index in [9.17, 15) is 0 Å². The van der Waals surface area contributed by atoms with Crippen LogP contribution in [0.2, 0.25) is 0 Å². The Morgan fingerprint density at radius 3 is 1.90 bits per heavy atom. The van der Waals surface area contributed by atoms with Crippen molar-refractivity contribution in [3.63, 3.8) is 0 Å². The topological polar surface area (TPSA) is 60.7 Å². The van der Waals surface area contributed by atoms with Crippen molar-refractivity contribution in [2.75, 3.05) is 19.8 Å². The molecule has 0 saturated carbocycles. The zero-order chi connectivity index (χ0) is 7.98. The lowest BCUT2D eigenvalue weighted by Gasteiger charge is -2.14. The molecule has 0 aliphatic heterocycles. The van der Waals surface area contributed by atoms with Crippen LogP contribution in [-0.4, -0.2) is 45.6 Å². The van der Waals surface area contributed by atoms with Gasteiger partial charge >= 0.3 is 0 Å². The zero-order valence-electron chi connectivity index (χ0n) is 6.03. The van der Waals surface area contributed by atoms with Crippen LogP contribution >= 0.6 is 11.8 Å². The Morgan fingerprint density at radius 2 is 1.60 bits per heavy atom. The maximum Gasteiger partial charge on any atom is 0.0572 e. The summed E-state index contributed by atoms with van der Waals surface area (Å²) in [7, 11) is 0. The second-order valence-corrected chi connectivity index (χ2v) is 3.86. The Labute approximate surface area is 65.1 Å². The van der Waals surface area contributed by atoms with Gasteiger partial charge in [0.25, 0.3) is 0 Å². The van der Waals surface area contributed by atoms with Crippen LogP contribution < -0.4 is 0 Å². The Balaban J connectivity index is 3.41. The largest absolute Gasteiger partial charge is 0.395 e. The molecule has 4 heteroatoms. The highest BCUT2D eigenvalue weighted by Crippen LogP contribution is 2.15. The predicted molar refractivity (Wildman–Crippen MR) is 42.1 cm³/mol. The quantitative estimate of drug-likeness (QED) is 0.513. The molecule has 62 valence electrons. The zero-order valence-corrected chi connectivity index (χ0v) is 6.84. The molecule has 0 aromatic carbocycles. The van der Waals surface area contributed by atoms with E-state index in [-0.39, 0.29) is 30.3 Å². The van der Waals surface area contributed by atoms with Gasteiger partial charge in [0.15, 0.2) is 0 Å². The van der Waals surface area contributed by atoms with Crippen molar-refractivity contribution in [3.05, 3.63) is 0 Å². The number of hydrogen-bond donors (Lipinski definition) is 3. The fraction of sp³-hybridized carbons (Fsp3) is 1.00. The van der Waals surface area contributed by atoms with E-state index in [1.165, 1.54) is 11.8 Å². The fourth-order valence-corrected chi connectivity index (χ4v) is 1.43. The fourth-order valence-electron chi connectivity index (χ4n) is 0.515. The summed E-state index contributed by atoms with van der Waals surface area (Å²) in [5.74, 6) is 0. The smallest absolute Gasteiger partial charge is 0.0572 e. The lowest BCUT2D eigenvalue weighted by molar-refractivity contribution is 0.227. The molecule has 0 bridgehead atoms. The molecule has 0 fully saturated rings. The standard InChI is InChI=1S/C6H14O3S/c1-5(2-7)10-6(3-8)4-9/h5-9H,2-4H2,1H3/t5-/m0/s1. The molecule has 1 atom stereocenters. The molecule has 0 rings (SSSR count). The second kappa shape index (κ2) is 5.97. The molecule has 10 heavy (non-hydrogen) atoms. The molecule has 0 amide bonds. The minimum atomic E-state index is -0.151. The third-order valence-corrected chi connectivity index (χ3v) is 2.39. The van der Waals surface area contributed by atoms with Crippen LogP contribution in [0.5, 0.6) is 0 Å². The van der Waals surface area contributed by atoms with E-state index >= 15 is 0 Å². The minimum absolute atomic E-state index is 0.0362. The van der Waals surface area contributed by atoms with Crippen LogP contribution in [0.4, 0.5) is 0 Å². The average Bonchev–Trinajstić information content (AvgIpc) is 1.99. The van der Waals surface area contributed by atoms with Crippen molar-refractivity contribution < 1.29 is 15.3 Å². The van der Waals surface area contributed by atoms with Gasteiger partial charge < -0.3 is 15.3 Å². The lowest BCUT2D eigenvalue weighted by Crippen LogP contribution is -2.18. The van der Waals surface area contributed by atoms with Gasteiger partial charge in [-0.05, 0) is 0 Å². The summed E-state index contributed by atoms with van der Waals surface area (Å²) in [6.07, 6.45) is 0. The van der Waals surface area contributed by atoms with E-state index in [0.29, 0.717) is 0 Å². The van der Waals surface area contributed by atoms with E-state index in [1.807, 2.05) is 6.92 Å². The van der Waals surface area contributed by atoms with E-state index in [4.69, 9.17) is 15.3 Å². The third kappa shape index (κ3) is 4.11. The molecule has 0 aromatic rings. The van der Waals surface area contributed by atoms with Gasteiger partial charge in [0.2, 0.25) is 0 Å². The van der Waals surface area contributed by atoms with Gasteiger partial charge in [0.05, 0.1) is 25.1 Å². The second-order valence-electron chi connectivity index (χ2n) is 2.12. The molecule has 0 aliphatic carbocycles. The normalized spacial score (nSPS) is 14.1. The van der Waals surface area contributed by atoms with Gasteiger partial charge in [-0.25, -0.2) is 0 Å². The highest BCUT2D eigenvalue weighted by Gasteiger charge is 2.10. The van der Waals surface area contributed by atoms with Gasteiger partial charge in [-0.15, -0.1) is 11.8 Å². The van der Waals surface area contributed by atoms with Gasteiger partial charge in [-0.2, -0.15) is 0 Å². The van der Waals surface area contributed by atoms with E-state index in [2.05, 4.69) is 0 Å². The van der Waals surface area contributed by atoms with Crippen molar-refractivity contribution in [2.24, 2.45) is 0 Å². The van der Waals surface area contributed by atoms with Gasteiger partial charge in [0, 0.05) is 5.25 Å². The first-order valence-corrected chi connectivity index (χ1v) is 4.16. The summed E-state index contributed by atoms with van der Waals surface area (Å²) in [4.78, 5) is 0. The first-order valence-electron chi connectivity index (χ1n) is 3.22. The first kappa shape index (κ1) is 10.2. The molecule has 0 saturated heterocycles. The molecular formula is C6H14O3S. The Hall–Kier alpha value is 0.230. The van der Waals surface area contributed by atoms with Gasteiger partial charge in [-0.3, -0.25) is 0 Å². The van der Waals surface area contributed by atoms with E-state index in [0.717, 1.165) is 0 Å². The summed E-state index contributed by atoms with van der Waals surface area (Å²) < 4.78 is 0. The molecule has 0 aliphatic rings. The van der Waals surface area contributed by atoms with E-state index in [1.54, 1.807) is 0 Å². The Morgan fingerprint density at radius 1 is 1.10 bits per heavy atom. The minimum Gasteiger partial charge on any atom is -0.395 e. The molecule has 0 aromatic heterocycles. The van der Waals surface area contributed by atoms with Crippen LogP contribution in [0.3, 0.4) is 0 Å². The average molecular weight is 166 g/mol. The van der Waals surface area contributed by atoms with Gasteiger partial charge in [0.1, 0.15) is 0 Å². The summed E-state index contributed by atoms with van der Waals surface area (Å²) in [6.45, 7) is 1.86. The molecule has 0 heterocycles. The number of aliphatic hydroxyl groups excluding tert-OH is 3. The maximum atomic E-state index is 8.61. The molecule has 0 spiro atoms. The van der Waals surface area contributed by atoms with Crippen LogP contribution in [0.1, 0.15) is 6.92 Å². The van der Waals surface area contributed by atoms with Crippen LogP contribution in [0, 0.1) is 0 Å². The monoisotopic (exact) mass is 166 g/mol. The number of hydrogen-bond acceptors (Lipinski definition) is 4. The summed E-state index contributed by atoms with van der Waals surface area (Å²) in [5, 5.41) is 25.7. The molecule has 0 radical (unpaired) electrons. The first-order chi connectivity index (χ1) is 4.74. The van der Waals surface area contributed by atoms with Crippen LogP contribution in [0.15, 0.2) is 0 Å². The summed E-state index contributed by atoms with van der Waals surface area (Å²) >= 11 is 1.39. The van der Waals surface area contributed by atoms with Crippen LogP contribution in [-0.2, 0) is 0 Å². The summed E-state index contributed by atoms with van der Waals surface area (Å²) in [5.41, 5.74) is 0.